The van der Waals surface area contributed by atoms with Crippen LogP contribution >= 0.6 is 27.5 Å². The minimum Gasteiger partial charge on any atom is -0.444 e. The van der Waals surface area contributed by atoms with Gasteiger partial charge in [0, 0.05) is 4.47 Å². The minimum absolute atomic E-state index is 0.221. The molecule has 0 unspecified atom stereocenters. The van der Waals surface area contributed by atoms with Crippen molar-refractivity contribution in [3.63, 3.8) is 0 Å². The number of benzene rings is 2. The van der Waals surface area contributed by atoms with Crippen molar-refractivity contribution >= 4 is 39.3 Å². The third kappa shape index (κ3) is 3.98. The highest BCUT2D eigenvalue weighted by Crippen LogP contribution is 2.29. The topological polar surface area (TPSA) is 38.3 Å². The molecule has 0 aromatic heterocycles. The Morgan fingerprint density at radius 2 is 1.89 bits per heavy atom. The van der Waals surface area contributed by atoms with Gasteiger partial charge in [-0.1, -0.05) is 48.0 Å². The predicted octanol–water partition coefficient (Wildman–Crippen LogP) is 4.85. The molecule has 2 aromatic rings. The van der Waals surface area contributed by atoms with Crippen LogP contribution < -0.4 is 5.32 Å². The molecule has 0 fully saturated rings. The zero-order valence-corrected chi connectivity index (χ0v) is 12.2. The number of carbonyl (C=O) groups is 1. The number of hydrogen-bond acceptors (Lipinski definition) is 2. The number of amides is 1. The van der Waals surface area contributed by atoms with Gasteiger partial charge in [0.05, 0.1) is 10.7 Å². The average Bonchev–Trinajstić information content (AvgIpc) is 2.43. The Kier molecular flexibility index (Phi) is 4.82. The van der Waals surface area contributed by atoms with Crippen molar-refractivity contribution in [2.45, 2.75) is 6.61 Å². The first-order valence-electron chi connectivity index (χ1n) is 5.58. The van der Waals surface area contributed by atoms with E-state index in [4.69, 9.17) is 16.3 Å². The summed E-state index contributed by atoms with van der Waals surface area (Å²) in [5, 5.41) is 3.04. The molecule has 19 heavy (non-hydrogen) atoms. The largest absolute Gasteiger partial charge is 0.444 e. The Labute approximate surface area is 124 Å². The maximum atomic E-state index is 11.6. The lowest BCUT2D eigenvalue weighted by Gasteiger charge is -2.09. The third-order valence-corrected chi connectivity index (χ3v) is 3.70. The second kappa shape index (κ2) is 6.59. The van der Waals surface area contributed by atoms with Crippen LogP contribution in [-0.2, 0) is 11.3 Å². The zero-order chi connectivity index (χ0) is 13.7. The van der Waals surface area contributed by atoms with Gasteiger partial charge in [0.2, 0.25) is 0 Å². The summed E-state index contributed by atoms with van der Waals surface area (Å²) in [6, 6.07) is 14.7. The summed E-state index contributed by atoms with van der Waals surface area (Å²) in [5.74, 6) is 0. The number of hydrogen-bond donors (Lipinski definition) is 1. The lowest BCUT2D eigenvalue weighted by molar-refractivity contribution is 0.155. The number of halogens is 2. The Hall–Kier alpha value is -1.52. The van der Waals surface area contributed by atoms with Crippen molar-refractivity contribution in [2.24, 2.45) is 0 Å². The highest BCUT2D eigenvalue weighted by molar-refractivity contribution is 9.10. The van der Waals surface area contributed by atoms with Crippen LogP contribution in [0.15, 0.2) is 53.0 Å². The molecular formula is C14H11BrClNO2. The van der Waals surface area contributed by atoms with Crippen molar-refractivity contribution in [2.75, 3.05) is 5.32 Å². The monoisotopic (exact) mass is 339 g/mol. The summed E-state index contributed by atoms with van der Waals surface area (Å²) < 4.78 is 5.82. The molecule has 0 atom stereocenters. The summed E-state index contributed by atoms with van der Waals surface area (Å²) in [6.45, 7) is 0.221. The average molecular weight is 341 g/mol. The number of ether oxygens (including phenoxy) is 1. The van der Waals surface area contributed by atoms with Crippen LogP contribution in [0.2, 0.25) is 5.02 Å². The van der Waals surface area contributed by atoms with Crippen LogP contribution in [0, 0.1) is 0 Å². The van der Waals surface area contributed by atoms with E-state index in [1.165, 1.54) is 0 Å². The number of carbonyl (C=O) groups excluding carboxylic acids is 1. The number of nitrogens with one attached hydrogen (secondary N) is 1. The molecule has 0 spiro atoms. The molecule has 0 heterocycles. The molecule has 0 saturated heterocycles. The van der Waals surface area contributed by atoms with Crippen LogP contribution in [-0.4, -0.2) is 6.09 Å². The van der Waals surface area contributed by atoms with E-state index in [0.29, 0.717) is 10.7 Å². The SMILES string of the molecule is O=C(Nc1cccc(Br)c1Cl)OCc1ccccc1. The van der Waals surface area contributed by atoms with Gasteiger partial charge in [-0.3, -0.25) is 5.32 Å². The Morgan fingerprint density at radius 1 is 1.16 bits per heavy atom. The first-order chi connectivity index (χ1) is 9.16. The number of anilines is 1. The quantitative estimate of drug-likeness (QED) is 0.867. The van der Waals surface area contributed by atoms with E-state index in [1.54, 1.807) is 18.2 Å². The van der Waals surface area contributed by atoms with Gasteiger partial charge in [-0.25, -0.2) is 4.79 Å². The predicted molar refractivity (Wildman–Crippen MR) is 79.4 cm³/mol. The fourth-order valence-electron chi connectivity index (χ4n) is 1.47. The van der Waals surface area contributed by atoms with Crippen molar-refractivity contribution < 1.29 is 9.53 Å². The van der Waals surface area contributed by atoms with Gasteiger partial charge < -0.3 is 4.74 Å². The van der Waals surface area contributed by atoms with Crippen LogP contribution in [0.1, 0.15) is 5.56 Å². The normalized spacial score (nSPS) is 10.0. The molecule has 1 amide bonds. The molecule has 0 aliphatic carbocycles. The van der Waals surface area contributed by atoms with Crippen LogP contribution in [0.4, 0.5) is 10.5 Å². The smallest absolute Gasteiger partial charge is 0.412 e. The van der Waals surface area contributed by atoms with E-state index in [0.717, 1.165) is 10.0 Å². The van der Waals surface area contributed by atoms with Crippen LogP contribution in [0.3, 0.4) is 0 Å². The molecule has 0 radical (unpaired) electrons. The molecule has 0 saturated carbocycles. The summed E-state index contributed by atoms with van der Waals surface area (Å²) in [4.78, 5) is 11.6. The van der Waals surface area contributed by atoms with Gasteiger partial charge in [-0.05, 0) is 33.6 Å². The van der Waals surface area contributed by atoms with Crippen molar-refractivity contribution in [3.8, 4) is 0 Å². The molecule has 0 aliphatic heterocycles. The summed E-state index contributed by atoms with van der Waals surface area (Å²) in [7, 11) is 0. The molecule has 0 aliphatic rings. The van der Waals surface area contributed by atoms with E-state index < -0.39 is 6.09 Å². The van der Waals surface area contributed by atoms with E-state index >= 15 is 0 Å². The molecule has 3 nitrogen and oxygen atoms in total. The summed E-state index contributed by atoms with van der Waals surface area (Å²) in [5.41, 5.74) is 1.44. The first kappa shape index (κ1) is 13.9. The van der Waals surface area contributed by atoms with E-state index in [2.05, 4.69) is 21.2 Å². The lowest BCUT2D eigenvalue weighted by atomic mass is 10.2. The Bertz CT molecular complexity index is 575. The van der Waals surface area contributed by atoms with E-state index in [-0.39, 0.29) is 6.61 Å². The fraction of sp³-hybridized carbons (Fsp3) is 0.0714. The van der Waals surface area contributed by atoms with E-state index in [9.17, 15) is 4.79 Å². The molecule has 0 bridgehead atoms. The lowest BCUT2D eigenvalue weighted by Crippen LogP contribution is -2.13. The van der Waals surface area contributed by atoms with Gasteiger partial charge in [-0.2, -0.15) is 0 Å². The van der Waals surface area contributed by atoms with Crippen molar-refractivity contribution in [3.05, 3.63) is 63.6 Å². The molecule has 2 aromatic carbocycles. The molecule has 2 rings (SSSR count). The highest BCUT2D eigenvalue weighted by atomic mass is 79.9. The maximum absolute atomic E-state index is 11.6. The Balaban J connectivity index is 1.93. The van der Waals surface area contributed by atoms with Crippen molar-refractivity contribution in [1.29, 1.82) is 0 Å². The van der Waals surface area contributed by atoms with Gasteiger partial charge in [0.1, 0.15) is 6.61 Å². The van der Waals surface area contributed by atoms with Gasteiger partial charge in [0.25, 0.3) is 0 Å². The highest BCUT2D eigenvalue weighted by Gasteiger charge is 2.08. The van der Waals surface area contributed by atoms with Crippen LogP contribution in [0.25, 0.3) is 0 Å². The van der Waals surface area contributed by atoms with Crippen LogP contribution in [0.5, 0.6) is 0 Å². The van der Waals surface area contributed by atoms with Gasteiger partial charge in [0.15, 0.2) is 0 Å². The third-order valence-electron chi connectivity index (χ3n) is 2.40. The summed E-state index contributed by atoms with van der Waals surface area (Å²) in [6.07, 6.45) is -0.538. The van der Waals surface area contributed by atoms with Gasteiger partial charge >= 0.3 is 6.09 Å². The zero-order valence-electron chi connectivity index (χ0n) is 9.90. The standard InChI is InChI=1S/C14H11BrClNO2/c15-11-7-4-8-12(13(11)16)17-14(18)19-9-10-5-2-1-3-6-10/h1-8H,9H2,(H,17,18). The number of rotatable bonds is 3. The molecular weight excluding hydrogens is 330 g/mol. The van der Waals surface area contributed by atoms with Gasteiger partial charge in [-0.15, -0.1) is 0 Å². The summed E-state index contributed by atoms with van der Waals surface area (Å²) >= 11 is 9.32. The van der Waals surface area contributed by atoms with E-state index in [1.807, 2.05) is 30.3 Å². The second-order valence-corrected chi connectivity index (χ2v) is 5.02. The molecule has 1 N–H and O–H groups in total. The maximum Gasteiger partial charge on any atom is 0.412 e. The second-order valence-electron chi connectivity index (χ2n) is 3.79. The minimum atomic E-state index is -0.538. The molecule has 5 heteroatoms. The Morgan fingerprint density at radius 3 is 2.63 bits per heavy atom. The fourth-order valence-corrected chi connectivity index (χ4v) is 2.01. The van der Waals surface area contributed by atoms with Crippen molar-refractivity contribution in [1.82, 2.24) is 0 Å². The first-order valence-corrected chi connectivity index (χ1v) is 6.75. The molecule has 98 valence electrons.